The molecule has 1 aliphatic carbocycles. The van der Waals surface area contributed by atoms with E-state index in [-0.39, 0.29) is 5.41 Å². The van der Waals surface area contributed by atoms with Crippen LogP contribution in [0.15, 0.2) is 23.5 Å². The number of carbonyl (C=O) groups excluding carboxylic acids is 2. The van der Waals surface area contributed by atoms with Crippen molar-refractivity contribution >= 4 is 11.6 Å². The third-order valence-electron chi connectivity index (χ3n) is 2.15. The van der Waals surface area contributed by atoms with Gasteiger partial charge >= 0.3 is 0 Å². The SMILES string of the molecule is CCOC1=CC(=O)C(=O)C=C1C(C)(C)C. The summed E-state index contributed by atoms with van der Waals surface area (Å²) in [6.07, 6.45) is 2.67. The first kappa shape index (κ1) is 11.7. The number of ether oxygens (including phenoxy) is 1. The van der Waals surface area contributed by atoms with Gasteiger partial charge in [0, 0.05) is 11.6 Å². The summed E-state index contributed by atoms with van der Waals surface area (Å²) < 4.78 is 5.36. The summed E-state index contributed by atoms with van der Waals surface area (Å²) in [5.41, 5.74) is 0.589. The van der Waals surface area contributed by atoms with E-state index >= 15 is 0 Å². The molecule has 0 spiro atoms. The Morgan fingerprint density at radius 1 is 1.13 bits per heavy atom. The zero-order valence-electron chi connectivity index (χ0n) is 9.59. The van der Waals surface area contributed by atoms with Gasteiger partial charge in [0.15, 0.2) is 0 Å². The summed E-state index contributed by atoms with van der Waals surface area (Å²) in [6, 6.07) is 0. The van der Waals surface area contributed by atoms with E-state index in [0.717, 1.165) is 5.57 Å². The van der Waals surface area contributed by atoms with Gasteiger partial charge in [0.1, 0.15) is 5.76 Å². The molecule has 0 saturated heterocycles. The third-order valence-corrected chi connectivity index (χ3v) is 2.15. The molecular formula is C12H16O3. The minimum absolute atomic E-state index is 0.197. The largest absolute Gasteiger partial charge is 0.493 e. The molecule has 0 bridgehead atoms. The Hall–Kier alpha value is -1.38. The van der Waals surface area contributed by atoms with Gasteiger partial charge in [0.2, 0.25) is 11.6 Å². The number of hydrogen-bond acceptors (Lipinski definition) is 3. The summed E-state index contributed by atoms with van der Waals surface area (Å²) in [4.78, 5) is 22.5. The van der Waals surface area contributed by atoms with Crippen molar-refractivity contribution in [2.45, 2.75) is 27.7 Å². The maximum Gasteiger partial charge on any atom is 0.229 e. The van der Waals surface area contributed by atoms with Crippen LogP contribution in [0, 0.1) is 5.41 Å². The highest BCUT2D eigenvalue weighted by Gasteiger charge is 2.28. The summed E-state index contributed by atoms with van der Waals surface area (Å²) in [7, 11) is 0. The standard InChI is InChI=1S/C12H16O3/c1-5-15-11-7-10(14)9(13)6-8(11)12(2,3)4/h6-7H,5H2,1-4H3. The van der Waals surface area contributed by atoms with Gasteiger partial charge in [-0.2, -0.15) is 0 Å². The van der Waals surface area contributed by atoms with E-state index in [0.29, 0.717) is 12.4 Å². The second-order valence-electron chi connectivity index (χ2n) is 4.48. The van der Waals surface area contributed by atoms with Crippen LogP contribution in [-0.4, -0.2) is 18.2 Å². The Morgan fingerprint density at radius 3 is 2.13 bits per heavy atom. The Labute approximate surface area is 89.8 Å². The van der Waals surface area contributed by atoms with Gasteiger partial charge < -0.3 is 4.74 Å². The first-order valence-electron chi connectivity index (χ1n) is 5.01. The third kappa shape index (κ3) is 2.55. The van der Waals surface area contributed by atoms with Crippen molar-refractivity contribution in [3.63, 3.8) is 0 Å². The van der Waals surface area contributed by atoms with E-state index in [1.54, 1.807) is 0 Å². The molecule has 0 atom stereocenters. The average Bonchev–Trinajstić information content (AvgIpc) is 2.09. The van der Waals surface area contributed by atoms with Crippen LogP contribution in [0.5, 0.6) is 0 Å². The predicted octanol–water partition coefficient (Wildman–Crippen LogP) is 2.03. The highest BCUT2D eigenvalue weighted by atomic mass is 16.5. The monoisotopic (exact) mass is 208 g/mol. The Bertz CT molecular complexity index is 354. The Morgan fingerprint density at radius 2 is 1.67 bits per heavy atom. The lowest BCUT2D eigenvalue weighted by Crippen LogP contribution is -2.22. The molecule has 1 rings (SSSR count). The van der Waals surface area contributed by atoms with Gasteiger partial charge in [0.05, 0.1) is 6.61 Å². The van der Waals surface area contributed by atoms with Gasteiger partial charge in [-0.3, -0.25) is 9.59 Å². The topological polar surface area (TPSA) is 43.4 Å². The molecule has 3 heteroatoms. The molecule has 0 saturated carbocycles. The van der Waals surface area contributed by atoms with Crippen LogP contribution >= 0.6 is 0 Å². The molecule has 15 heavy (non-hydrogen) atoms. The van der Waals surface area contributed by atoms with Crippen LogP contribution in [0.4, 0.5) is 0 Å². The van der Waals surface area contributed by atoms with Gasteiger partial charge in [-0.05, 0) is 18.4 Å². The van der Waals surface area contributed by atoms with E-state index < -0.39 is 11.6 Å². The fourth-order valence-electron chi connectivity index (χ4n) is 1.40. The molecule has 1 aliphatic rings. The van der Waals surface area contributed by atoms with Crippen molar-refractivity contribution < 1.29 is 14.3 Å². The molecule has 0 aromatic carbocycles. The zero-order chi connectivity index (χ0) is 11.6. The minimum Gasteiger partial charge on any atom is -0.493 e. The predicted molar refractivity (Wildman–Crippen MR) is 57.3 cm³/mol. The van der Waals surface area contributed by atoms with Crippen LogP contribution in [0.1, 0.15) is 27.7 Å². The van der Waals surface area contributed by atoms with Crippen molar-refractivity contribution in [3.05, 3.63) is 23.5 Å². The molecule has 0 unspecified atom stereocenters. The number of allylic oxidation sites excluding steroid dienone is 3. The summed E-state index contributed by atoms with van der Waals surface area (Å²) in [5, 5.41) is 0. The molecule has 0 fully saturated rings. The summed E-state index contributed by atoms with van der Waals surface area (Å²) >= 11 is 0. The lowest BCUT2D eigenvalue weighted by Gasteiger charge is -2.26. The smallest absolute Gasteiger partial charge is 0.229 e. The van der Waals surface area contributed by atoms with Crippen LogP contribution in [0.2, 0.25) is 0 Å². The second kappa shape index (κ2) is 4.01. The highest BCUT2D eigenvalue weighted by Crippen LogP contribution is 2.33. The fourth-order valence-corrected chi connectivity index (χ4v) is 1.40. The number of carbonyl (C=O) groups is 2. The van der Waals surface area contributed by atoms with Crippen LogP contribution in [0.25, 0.3) is 0 Å². The minimum atomic E-state index is -0.508. The molecule has 0 aromatic heterocycles. The summed E-state index contributed by atoms with van der Waals surface area (Å²) in [6.45, 7) is 8.28. The van der Waals surface area contributed by atoms with E-state index in [1.165, 1.54) is 12.2 Å². The molecule has 0 radical (unpaired) electrons. The second-order valence-corrected chi connectivity index (χ2v) is 4.48. The van der Waals surface area contributed by atoms with Crippen molar-refractivity contribution in [2.24, 2.45) is 5.41 Å². The first-order valence-corrected chi connectivity index (χ1v) is 5.01. The first-order chi connectivity index (χ1) is 6.86. The van der Waals surface area contributed by atoms with Gasteiger partial charge in [-0.1, -0.05) is 20.8 Å². The lowest BCUT2D eigenvalue weighted by atomic mass is 9.82. The molecule has 0 aromatic rings. The molecule has 0 amide bonds. The Kier molecular flexibility index (Phi) is 3.12. The lowest BCUT2D eigenvalue weighted by molar-refractivity contribution is -0.131. The van der Waals surface area contributed by atoms with Gasteiger partial charge in [0.25, 0.3) is 0 Å². The molecule has 3 nitrogen and oxygen atoms in total. The highest BCUT2D eigenvalue weighted by molar-refractivity contribution is 6.46. The van der Waals surface area contributed by atoms with Crippen molar-refractivity contribution in [1.29, 1.82) is 0 Å². The number of hydrogen-bond donors (Lipinski definition) is 0. The maximum absolute atomic E-state index is 11.3. The van der Waals surface area contributed by atoms with Crippen LogP contribution < -0.4 is 0 Å². The molecule has 82 valence electrons. The molecule has 0 aliphatic heterocycles. The van der Waals surface area contributed by atoms with E-state index in [9.17, 15) is 9.59 Å². The fraction of sp³-hybridized carbons (Fsp3) is 0.500. The number of ketones is 2. The van der Waals surface area contributed by atoms with E-state index in [2.05, 4.69) is 0 Å². The van der Waals surface area contributed by atoms with Gasteiger partial charge in [-0.25, -0.2) is 0 Å². The van der Waals surface area contributed by atoms with E-state index in [1.807, 2.05) is 27.7 Å². The maximum atomic E-state index is 11.3. The molecule has 0 heterocycles. The molecular weight excluding hydrogens is 192 g/mol. The quantitative estimate of drug-likeness (QED) is 0.515. The van der Waals surface area contributed by atoms with Crippen LogP contribution in [-0.2, 0) is 14.3 Å². The number of rotatable bonds is 2. The van der Waals surface area contributed by atoms with Crippen molar-refractivity contribution in [1.82, 2.24) is 0 Å². The zero-order valence-corrected chi connectivity index (χ0v) is 9.59. The Balaban J connectivity index is 3.11. The normalized spacial score (nSPS) is 17.3. The summed E-state index contributed by atoms with van der Waals surface area (Å²) in [5.74, 6) is -0.454. The molecule has 0 N–H and O–H groups in total. The van der Waals surface area contributed by atoms with Crippen LogP contribution in [0.3, 0.4) is 0 Å². The van der Waals surface area contributed by atoms with Crippen molar-refractivity contribution in [3.8, 4) is 0 Å². The van der Waals surface area contributed by atoms with Gasteiger partial charge in [-0.15, -0.1) is 0 Å². The van der Waals surface area contributed by atoms with E-state index in [4.69, 9.17) is 4.74 Å². The average molecular weight is 208 g/mol. The van der Waals surface area contributed by atoms with Crippen molar-refractivity contribution in [2.75, 3.05) is 6.61 Å².